The predicted octanol–water partition coefficient (Wildman–Crippen LogP) is 1.53. The Hall–Kier alpha value is -2.87. The number of anilines is 1. The van der Waals surface area contributed by atoms with Crippen molar-refractivity contribution in [3.63, 3.8) is 0 Å². The Balaban J connectivity index is 2.15. The first-order valence-corrected chi connectivity index (χ1v) is 8.69. The minimum Gasteiger partial charge on any atom is -0.550 e. The van der Waals surface area contributed by atoms with Crippen LogP contribution in [-0.4, -0.2) is 40.0 Å². The van der Waals surface area contributed by atoms with E-state index in [1.807, 2.05) is 0 Å². The number of aryl methyl sites for hydroxylation is 1. The molecule has 0 saturated heterocycles. The van der Waals surface area contributed by atoms with Gasteiger partial charge in [0.25, 0.3) is 0 Å². The zero-order chi connectivity index (χ0) is 19.7. The number of carbonyl (C=O) groups is 3. The molecule has 2 heterocycles. The van der Waals surface area contributed by atoms with Gasteiger partial charge in [-0.2, -0.15) is 0 Å². The van der Waals surface area contributed by atoms with E-state index in [2.05, 4.69) is 4.98 Å². The number of aliphatic carboxylic acids is 1. The van der Waals surface area contributed by atoms with Gasteiger partial charge in [-0.05, 0) is 31.0 Å². The van der Waals surface area contributed by atoms with Crippen molar-refractivity contribution < 1.29 is 24.2 Å². The van der Waals surface area contributed by atoms with Gasteiger partial charge in [0.1, 0.15) is 6.04 Å². The van der Waals surface area contributed by atoms with E-state index in [-0.39, 0.29) is 12.4 Å². The molecule has 3 rings (SSSR count). The molecule has 0 bridgehead atoms. The third kappa shape index (κ3) is 3.40. The first-order chi connectivity index (χ1) is 12.8. The summed E-state index contributed by atoms with van der Waals surface area (Å²) >= 11 is 6.07. The third-order valence-electron chi connectivity index (χ3n) is 4.47. The molecule has 0 N–H and O–H groups in total. The zero-order valence-corrected chi connectivity index (χ0v) is 15.5. The zero-order valence-electron chi connectivity index (χ0n) is 14.7. The lowest BCUT2D eigenvalue weighted by atomic mass is 9.89. The van der Waals surface area contributed by atoms with Crippen LogP contribution < -0.4 is 10.0 Å². The molecule has 0 fully saturated rings. The minimum atomic E-state index is -1.33. The topological polar surface area (TPSA) is 105 Å². The number of hydrogen-bond donors (Lipinski definition) is 0. The predicted molar refractivity (Wildman–Crippen MR) is 94.6 cm³/mol. The highest BCUT2D eigenvalue weighted by Crippen LogP contribution is 2.45. The number of ketones is 1. The first-order valence-electron chi connectivity index (χ1n) is 8.32. The van der Waals surface area contributed by atoms with Crippen LogP contribution in [0.3, 0.4) is 0 Å². The lowest BCUT2D eigenvalue weighted by Gasteiger charge is -2.27. The molecule has 0 spiro atoms. The molecular formula is C18H17ClN3O5-. The number of aromatic nitrogens is 2. The van der Waals surface area contributed by atoms with Crippen molar-refractivity contribution in [1.82, 2.24) is 9.55 Å². The molecule has 0 saturated carbocycles. The molecule has 2 atom stereocenters. The first kappa shape index (κ1) is 18.9. The number of carboxylic acid groups (broad SMARTS) is 1. The molecule has 1 amide bonds. The maximum atomic E-state index is 13.2. The van der Waals surface area contributed by atoms with Gasteiger partial charge in [-0.25, -0.2) is 9.78 Å². The fourth-order valence-corrected chi connectivity index (χ4v) is 3.55. The highest BCUT2D eigenvalue weighted by molar-refractivity contribution is 6.31. The molecule has 2 aromatic rings. The molecule has 27 heavy (non-hydrogen) atoms. The molecule has 1 aromatic carbocycles. The summed E-state index contributed by atoms with van der Waals surface area (Å²) in [5, 5.41) is 11.7. The fraction of sp³-hybridized carbons (Fsp3) is 0.333. The van der Waals surface area contributed by atoms with Crippen molar-refractivity contribution in [2.24, 2.45) is 7.05 Å². The molecule has 2 unspecified atom stereocenters. The standard InChI is InChI=1S/C18H18ClN3O5/c1-3-27-18(26)22-13-8-10(19)4-5-11(13)12(9-14(23)24)15(22)16(25)17-20-6-7-21(17)2/h4-8,12,15H,3,9H2,1-2H3,(H,23,24)/p-1. The minimum absolute atomic E-state index is 0.0969. The number of benzene rings is 1. The number of Topliss-reactive ketones (excluding diaryl/α,β-unsaturated/α-hetero) is 1. The Morgan fingerprint density at radius 2 is 2.07 bits per heavy atom. The lowest BCUT2D eigenvalue weighted by Crippen LogP contribution is -2.46. The summed E-state index contributed by atoms with van der Waals surface area (Å²) in [7, 11) is 1.64. The highest BCUT2D eigenvalue weighted by Gasteiger charge is 2.47. The number of amides is 1. The molecule has 0 aliphatic carbocycles. The van der Waals surface area contributed by atoms with Crippen LogP contribution in [0.2, 0.25) is 5.02 Å². The molecule has 142 valence electrons. The fourth-order valence-electron chi connectivity index (χ4n) is 3.38. The molecule has 1 aliphatic heterocycles. The second kappa shape index (κ2) is 7.40. The van der Waals surface area contributed by atoms with Gasteiger partial charge < -0.3 is 19.2 Å². The quantitative estimate of drug-likeness (QED) is 0.717. The monoisotopic (exact) mass is 390 g/mol. The number of fused-ring (bicyclic) bond motifs is 1. The van der Waals surface area contributed by atoms with Crippen molar-refractivity contribution in [1.29, 1.82) is 0 Å². The molecule has 1 aliphatic rings. The van der Waals surface area contributed by atoms with Crippen LogP contribution in [0, 0.1) is 0 Å². The lowest BCUT2D eigenvalue weighted by molar-refractivity contribution is -0.306. The van der Waals surface area contributed by atoms with E-state index in [1.165, 1.54) is 16.8 Å². The van der Waals surface area contributed by atoms with E-state index in [9.17, 15) is 19.5 Å². The Bertz CT molecular complexity index is 910. The van der Waals surface area contributed by atoms with Crippen LogP contribution >= 0.6 is 11.6 Å². The van der Waals surface area contributed by atoms with E-state index in [1.54, 1.807) is 32.3 Å². The Labute approximate surface area is 160 Å². The maximum absolute atomic E-state index is 13.2. The summed E-state index contributed by atoms with van der Waals surface area (Å²) in [5.74, 6) is -2.52. The van der Waals surface area contributed by atoms with Gasteiger partial charge in [-0.3, -0.25) is 9.69 Å². The number of hydrogen-bond acceptors (Lipinski definition) is 6. The molecular weight excluding hydrogens is 374 g/mol. The summed E-state index contributed by atoms with van der Waals surface area (Å²) < 4.78 is 6.62. The van der Waals surface area contributed by atoms with Gasteiger partial charge >= 0.3 is 6.09 Å². The normalized spacial score (nSPS) is 18.3. The van der Waals surface area contributed by atoms with Gasteiger partial charge in [-0.15, -0.1) is 0 Å². The number of rotatable bonds is 5. The van der Waals surface area contributed by atoms with Gasteiger partial charge in [0.15, 0.2) is 5.82 Å². The Kier molecular flexibility index (Phi) is 5.18. The maximum Gasteiger partial charge on any atom is 0.414 e. The van der Waals surface area contributed by atoms with Crippen LogP contribution in [-0.2, 0) is 16.6 Å². The van der Waals surface area contributed by atoms with Gasteiger partial charge in [-0.1, -0.05) is 17.7 Å². The SMILES string of the molecule is CCOC(=O)N1c2cc(Cl)ccc2C(CC(=O)[O-])C1C(=O)c1nccn1C. The number of imidazole rings is 1. The summed E-state index contributed by atoms with van der Waals surface area (Å²) in [6.07, 6.45) is 1.85. The molecule has 8 nitrogen and oxygen atoms in total. The van der Waals surface area contributed by atoms with Crippen molar-refractivity contribution >= 4 is 35.1 Å². The average molecular weight is 391 g/mol. The Morgan fingerprint density at radius 3 is 2.67 bits per heavy atom. The third-order valence-corrected chi connectivity index (χ3v) is 4.71. The van der Waals surface area contributed by atoms with Crippen molar-refractivity contribution in [2.45, 2.75) is 25.3 Å². The van der Waals surface area contributed by atoms with E-state index >= 15 is 0 Å². The molecule has 1 aromatic heterocycles. The number of carbonyl (C=O) groups excluding carboxylic acids is 3. The van der Waals surface area contributed by atoms with Gasteiger partial charge in [0.2, 0.25) is 5.78 Å². The van der Waals surface area contributed by atoms with Gasteiger partial charge in [0.05, 0.1) is 12.3 Å². The number of carboxylic acids is 1. The van der Waals surface area contributed by atoms with Crippen molar-refractivity contribution in [3.8, 4) is 0 Å². The van der Waals surface area contributed by atoms with Crippen molar-refractivity contribution in [3.05, 3.63) is 47.0 Å². The number of ether oxygens (including phenoxy) is 1. The summed E-state index contributed by atoms with van der Waals surface area (Å²) in [6.45, 7) is 1.74. The largest absolute Gasteiger partial charge is 0.550 e. The summed E-state index contributed by atoms with van der Waals surface area (Å²) in [6, 6.07) is 3.58. The number of nitrogens with zero attached hydrogens (tertiary/aromatic N) is 3. The van der Waals surface area contributed by atoms with Crippen LogP contribution in [0.4, 0.5) is 10.5 Å². The van der Waals surface area contributed by atoms with Crippen LogP contribution in [0.5, 0.6) is 0 Å². The number of halogens is 1. The van der Waals surface area contributed by atoms with E-state index in [0.717, 1.165) is 4.90 Å². The summed E-state index contributed by atoms with van der Waals surface area (Å²) in [4.78, 5) is 42.4. The molecule has 0 radical (unpaired) electrons. The molecule has 9 heteroatoms. The van der Waals surface area contributed by atoms with E-state index < -0.39 is 36.2 Å². The van der Waals surface area contributed by atoms with Crippen molar-refractivity contribution in [2.75, 3.05) is 11.5 Å². The van der Waals surface area contributed by atoms with E-state index in [4.69, 9.17) is 16.3 Å². The van der Waals surface area contributed by atoms with Crippen LogP contribution in [0.25, 0.3) is 0 Å². The van der Waals surface area contributed by atoms with Gasteiger partial charge in [0, 0.05) is 36.4 Å². The van der Waals surface area contributed by atoms with Crippen LogP contribution in [0.1, 0.15) is 35.4 Å². The van der Waals surface area contributed by atoms with Crippen LogP contribution in [0.15, 0.2) is 30.6 Å². The van der Waals surface area contributed by atoms with E-state index in [0.29, 0.717) is 16.3 Å². The Morgan fingerprint density at radius 1 is 1.33 bits per heavy atom. The second-order valence-corrected chi connectivity index (χ2v) is 6.56. The summed E-state index contributed by atoms with van der Waals surface area (Å²) in [5.41, 5.74) is 0.865. The second-order valence-electron chi connectivity index (χ2n) is 6.13. The average Bonchev–Trinajstić information content (AvgIpc) is 3.15. The highest BCUT2D eigenvalue weighted by atomic mass is 35.5. The smallest absolute Gasteiger partial charge is 0.414 e.